The Bertz CT molecular complexity index is 430. The van der Waals surface area contributed by atoms with Gasteiger partial charge in [-0.25, -0.2) is 0 Å². The Morgan fingerprint density at radius 2 is 1.55 bits per heavy atom. The molecule has 4 saturated carbocycles. The van der Waals surface area contributed by atoms with Gasteiger partial charge in [-0.05, 0) is 73.8 Å². The summed E-state index contributed by atoms with van der Waals surface area (Å²) >= 11 is 0. The molecule has 20 heavy (non-hydrogen) atoms. The molecule has 108 valence electrons. The van der Waals surface area contributed by atoms with Gasteiger partial charge in [0.1, 0.15) is 12.4 Å². The number of para-hydroxylation sites is 1. The average molecular weight is 271 g/mol. The molecule has 0 aliphatic heterocycles. The van der Waals surface area contributed by atoms with Gasteiger partial charge in [0, 0.05) is 6.04 Å². The summed E-state index contributed by atoms with van der Waals surface area (Å²) in [5.74, 6) is 5.49. The van der Waals surface area contributed by atoms with Crippen LogP contribution in [0.2, 0.25) is 0 Å². The Morgan fingerprint density at radius 3 is 2.15 bits per heavy atom. The second-order valence-electron chi connectivity index (χ2n) is 7.30. The second kappa shape index (κ2) is 5.07. The summed E-state index contributed by atoms with van der Waals surface area (Å²) in [6.45, 7) is 0.678. The molecule has 4 bridgehead atoms. The van der Waals surface area contributed by atoms with Crippen LogP contribution >= 0.6 is 0 Å². The van der Waals surface area contributed by atoms with Gasteiger partial charge in [0.25, 0.3) is 0 Å². The van der Waals surface area contributed by atoms with Gasteiger partial charge in [-0.3, -0.25) is 0 Å². The smallest absolute Gasteiger partial charge is 0.119 e. The lowest BCUT2D eigenvalue weighted by Crippen LogP contribution is -2.53. The van der Waals surface area contributed by atoms with Crippen molar-refractivity contribution in [3.63, 3.8) is 0 Å². The van der Waals surface area contributed by atoms with Crippen molar-refractivity contribution in [3.05, 3.63) is 30.3 Å². The lowest BCUT2D eigenvalue weighted by molar-refractivity contribution is -0.0516. The Hall–Kier alpha value is -1.02. The summed E-state index contributed by atoms with van der Waals surface area (Å²) in [6.07, 6.45) is 7.27. The molecule has 4 fully saturated rings. The van der Waals surface area contributed by atoms with E-state index in [1.165, 1.54) is 32.1 Å². The number of nitrogens with two attached hydrogens (primary N) is 1. The summed E-state index contributed by atoms with van der Waals surface area (Å²) in [7, 11) is 0. The van der Waals surface area contributed by atoms with Gasteiger partial charge >= 0.3 is 0 Å². The molecule has 1 aromatic carbocycles. The van der Waals surface area contributed by atoms with E-state index in [0.717, 1.165) is 29.4 Å². The molecule has 5 rings (SSSR count). The van der Waals surface area contributed by atoms with Crippen LogP contribution in [0.5, 0.6) is 5.75 Å². The van der Waals surface area contributed by atoms with E-state index >= 15 is 0 Å². The average Bonchev–Trinajstić information content (AvgIpc) is 2.45. The highest BCUT2D eigenvalue weighted by Gasteiger charge is 2.49. The molecule has 0 radical (unpaired) electrons. The highest BCUT2D eigenvalue weighted by molar-refractivity contribution is 5.21. The topological polar surface area (TPSA) is 35.2 Å². The first kappa shape index (κ1) is 12.7. The van der Waals surface area contributed by atoms with Crippen LogP contribution in [0.1, 0.15) is 32.1 Å². The van der Waals surface area contributed by atoms with Gasteiger partial charge < -0.3 is 10.5 Å². The molecule has 2 heteroatoms. The van der Waals surface area contributed by atoms with Crippen molar-refractivity contribution >= 4 is 0 Å². The summed E-state index contributed by atoms with van der Waals surface area (Å²) in [5, 5.41) is 0. The lowest BCUT2D eigenvalue weighted by atomic mass is 9.50. The Labute approximate surface area is 121 Å². The maximum atomic E-state index is 6.52. The zero-order valence-corrected chi connectivity index (χ0v) is 12.1. The summed E-state index contributed by atoms with van der Waals surface area (Å²) in [4.78, 5) is 0. The predicted octanol–water partition coefficient (Wildman–Crippen LogP) is 3.47. The first-order valence-corrected chi connectivity index (χ1v) is 8.23. The SMILES string of the molecule is NC(COc1ccccc1)C1C2CC3CC(C2)CC1C3. The van der Waals surface area contributed by atoms with Gasteiger partial charge in [0.05, 0.1) is 0 Å². The molecule has 2 N–H and O–H groups in total. The number of rotatable bonds is 4. The fourth-order valence-corrected chi connectivity index (χ4v) is 5.49. The van der Waals surface area contributed by atoms with Crippen molar-refractivity contribution in [2.45, 2.75) is 38.1 Å². The van der Waals surface area contributed by atoms with Crippen molar-refractivity contribution < 1.29 is 4.74 Å². The monoisotopic (exact) mass is 271 g/mol. The van der Waals surface area contributed by atoms with Crippen LogP contribution in [-0.4, -0.2) is 12.6 Å². The molecule has 0 saturated heterocycles. The van der Waals surface area contributed by atoms with Crippen LogP contribution in [0.4, 0.5) is 0 Å². The first-order valence-electron chi connectivity index (χ1n) is 8.23. The van der Waals surface area contributed by atoms with Crippen molar-refractivity contribution in [1.82, 2.24) is 0 Å². The van der Waals surface area contributed by atoms with Gasteiger partial charge in [0.15, 0.2) is 0 Å². The molecule has 4 aliphatic carbocycles. The molecule has 0 aromatic heterocycles. The minimum absolute atomic E-state index is 0.213. The van der Waals surface area contributed by atoms with Crippen LogP contribution in [0.25, 0.3) is 0 Å². The van der Waals surface area contributed by atoms with Crippen molar-refractivity contribution in [2.24, 2.45) is 35.3 Å². The summed E-state index contributed by atoms with van der Waals surface area (Å²) < 4.78 is 5.90. The van der Waals surface area contributed by atoms with Crippen LogP contribution in [0, 0.1) is 29.6 Å². The fourth-order valence-electron chi connectivity index (χ4n) is 5.49. The zero-order chi connectivity index (χ0) is 13.5. The lowest BCUT2D eigenvalue weighted by Gasteiger charge is -2.55. The largest absolute Gasteiger partial charge is 0.492 e. The Kier molecular flexibility index (Phi) is 3.22. The molecule has 4 aliphatic rings. The van der Waals surface area contributed by atoms with Crippen molar-refractivity contribution in [2.75, 3.05) is 6.61 Å². The minimum Gasteiger partial charge on any atom is -0.492 e. The third-order valence-electron chi connectivity index (χ3n) is 5.98. The number of ether oxygens (including phenoxy) is 1. The van der Waals surface area contributed by atoms with E-state index in [2.05, 4.69) is 0 Å². The van der Waals surface area contributed by atoms with Gasteiger partial charge in [-0.15, -0.1) is 0 Å². The summed E-state index contributed by atoms with van der Waals surface area (Å²) in [5.41, 5.74) is 6.52. The number of hydrogen-bond acceptors (Lipinski definition) is 2. The van der Waals surface area contributed by atoms with Crippen LogP contribution < -0.4 is 10.5 Å². The van der Waals surface area contributed by atoms with Crippen molar-refractivity contribution in [3.8, 4) is 5.75 Å². The van der Waals surface area contributed by atoms with E-state index in [1.54, 1.807) is 0 Å². The molecule has 1 unspecified atom stereocenters. The molecular formula is C18H25NO. The van der Waals surface area contributed by atoms with Crippen LogP contribution in [0.15, 0.2) is 30.3 Å². The van der Waals surface area contributed by atoms with Gasteiger partial charge in [-0.1, -0.05) is 18.2 Å². The molecule has 2 nitrogen and oxygen atoms in total. The molecule has 0 amide bonds. The zero-order valence-electron chi connectivity index (χ0n) is 12.1. The maximum Gasteiger partial charge on any atom is 0.119 e. The normalized spacial score (nSPS) is 39.8. The van der Waals surface area contributed by atoms with E-state index in [4.69, 9.17) is 10.5 Å². The highest BCUT2D eigenvalue weighted by Crippen LogP contribution is 2.57. The van der Waals surface area contributed by atoms with Crippen LogP contribution in [0.3, 0.4) is 0 Å². The van der Waals surface area contributed by atoms with Crippen molar-refractivity contribution in [1.29, 1.82) is 0 Å². The van der Waals surface area contributed by atoms with Gasteiger partial charge in [-0.2, -0.15) is 0 Å². The fraction of sp³-hybridized carbons (Fsp3) is 0.667. The molecule has 1 atom stereocenters. The minimum atomic E-state index is 0.213. The van der Waals surface area contributed by atoms with Gasteiger partial charge in [0.2, 0.25) is 0 Å². The second-order valence-corrected chi connectivity index (χ2v) is 7.30. The highest BCUT2D eigenvalue weighted by atomic mass is 16.5. The summed E-state index contributed by atoms with van der Waals surface area (Å²) in [6, 6.07) is 10.3. The van der Waals surface area contributed by atoms with E-state index in [9.17, 15) is 0 Å². The number of hydrogen-bond donors (Lipinski definition) is 1. The molecule has 0 heterocycles. The molecule has 1 aromatic rings. The number of benzene rings is 1. The third kappa shape index (κ3) is 2.24. The van der Waals surface area contributed by atoms with Crippen LogP contribution in [-0.2, 0) is 0 Å². The first-order chi connectivity index (χ1) is 9.79. The Morgan fingerprint density at radius 1 is 0.950 bits per heavy atom. The quantitative estimate of drug-likeness (QED) is 0.910. The van der Waals surface area contributed by atoms with E-state index in [1.807, 2.05) is 30.3 Å². The molecular weight excluding hydrogens is 246 g/mol. The van der Waals surface area contributed by atoms with E-state index < -0.39 is 0 Å². The Balaban J connectivity index is 1.40. The van der Waals surface area contributed by atoms with E-state index in [-0.39, 0.29) is 6.04 Å². The standard InChI is InChI=1S/C18H25NO/c19-17(11-20-16-4-2-1-3-5-16)18-14-7-12-6-13(9-14)10-15(18)8-12/h1-5,12-15,17-18H,6-11,19H2. The molecule has 0 spiro atoms. The maximum absolute atomic E-state index is 6.52. The van der Waals surface area contributed by atoms with E-state index in [0.29, 0.717) is 12.5 Å². The third-order valence-corrected chi connectivity index (χ3v) is 5.98. The predicted molar refractivity (Wildman–Crippen MR) is 80.4 cm³/mol.